The molecule has 0 unspecified atom stereocenters. The summed E-state index contributed by atoms with van der Waals surface area (Å²) in [5.74, 6) is 0. The maximum atomic E-state index is 3.97. The largest absolute Gasteiger partial charge is 0.663 e. The molecule has 1 aromatic carbocycles. The molecule has 4 heteroatoms. The third-order valence-electron chi connectivity index (χ3n) is 2.06. The predicted octanol–water partition coefficient (Wildman–Crippen LogP) is 5.72. The SMILES string of the molecule is CCCC[N]=[V].CC[N-]CC.CC[N-]CC.c1cc[cH-]c1. The van der Waals surface area contributed by atoms with Crippen molar-refractivity contribution in [3.05, 3.63) is 41.0 Å². The summed E-state index contributed by atoms with van der Waals surface area (Å²) < 4.78 is 3.86. The first-order valence-corrected chi connectivity index (χ1v) is 8.61. The molecule has 0 aliphatic rings. The van der Waals surface area contributed by atoms with Gasteiger partial charge in [-0.05, 0) is 0 Å². The molecule has 1 aromatic rings. The van der Waals surface area contributed by atoms with Crippen LogP contribution in [0.4, 0.5) is 0 Å². The van der Waals surface area contributed by atoms with Crippen LogP contribution in [0.1, 0.15) is 47.5 Å². The van der Waals surface area contributed by atoms with E-state index in [2.05, 4.69) is 38.6 Å². The Bertz CT molecular complexity index is 199. The van der Waals surface area contributed by atoms with Crippen LogP contribution in [0.5, 0.6) is 0 Å². The minimum absolute atomic E-state index is 0.969. The molecule has 0 radical (unpaired) electrons. The first kappa shape index (κ1) is 25.6. The summed E-state index contributed by atoms with van der Waals surface area (Å²) in [5.41, 5.74) is 0. The van der Waals surface area contributed by atoms with Crippen molar-refractivity contribution in [2.45, 2.75) is 47.5 Å². The summed E-state index contributed by atoms with van der Waals surface area (Å²) in [6.45, 7) is 15.2. The quantitative estimate of drug-likeness (QED) is 0.453. The Labute approximate surface area is 142 Å². The fourth-order valence-corrected chi connectivity index (χ4v) is 1.22. The molecule has 0 fully saturated rings. The number of nitrogens with zero attached hydrogens (tertiary/aromatic N) is 3. The Morgan fingerprint density at radius 2 is 1.29 bits per heavy atom. The average molecular weight is 331 g/mol. The molecule has 0 saturated heterocycles. The first-order valence-electron chi connectivity index (χ1n) is 7.98. The molecule has 0 N–H and O–H groups in total. The zero-order valence-electron chi connectivity index (χ0n) is 14.6. The number of hydrogen-bond acceptors (Lipinski definition) is 1. The van der Waals surface area contributed by atoms with Crippen molar-refractivity contribution in [2.75, 3.05) is 32.7 Å². The van der Waals surface area contributed by atoms with E-state index in [1.807, 2.05) is 58.0 Å². The molecule has 21 heavy (non-hydrogen) atoms. The Hall–Kier alpha value is -0.346. The van der Waals surface area contributed by atoms with Crippen LogP contribution in [0, 0.1) is 0 Å². The second-order valence-corrected chi connectivity index (χ2v) is 4.33. The molecular weight excluding hydrogens is 297 g/mol. The third-order valence-corrected chi connectivity index (χ3v) is 2.37. The van der Waals surface area contributed by atoms with Gasteiger partial charge in [-0.1, -0.05) is 27.7 Å². The van der Waals surface area contributed by atoms with Gasteiger partial charge in [-0.25, -0.2) is 12.1 Å². The van der Waals surface area contributed by atoms with Crippen LogP contribution >= 0.6 is 0 Å². The Morgan fingerprint density at radius 1 is 0.857 bits per heavy atom. The molecule has 0 heterocycles. The van der Waals surface area contributed by atoms with Crippen LogP contribution in [0.3, 0.4) is 0 Å². The van der Waals surface area contributed by atoms with E-state index in [0.717, 1.165) is 32.7 Å². The van der Waals surface area contributed by atoms with Crippen molar-refractivity contribution in [1.29, 1.82) is 0 Å². The van der Waals surface area contributed by atoms with E-state index in [9.17, 15) is 0 Å². The van der Waals surface area contributed by atoms with Crippen molar-refractivity contribution >= 4 is 0 Å². The minimum atomic E-state index is 0.969. The molecule has 0 aromatic heterocycles. The van der Waals surface area contributed by atoms with E-state index < -0.39 is 0 Å². The summed E-state index contributed by atoms with van der Waals surface area (Å²) in [4.78, 5) is 0. The van der Waals surface area contributed by atoms with Crippen LogP contribution in [0.25, 0.3) is 10.6 Å². The van der Waals surface area contributed by atoms with Crippen LogP contribution in [-0.4, -0.2) is 32.7 Å². The summed E-state index contributed by atoms with van der Waals surface area (Å²) in [7, 11) is 0. The van der Waals surface area contributed by atoms with Gasteiger partial charge in [-0.15, -0.1) is 0 Å². The Balaban J connectivity index is -0.000000206. The standard InChI is InChI=1S/C5H5.2C4H10N.C4H9N.V/c1-2-4-5-3-1;2*1-3-5-4-2;1-2-3-4-5;/h1-5H;2*3-4H2,1-2H3;2-4H2,1H3;/q3*-1;;. The van der Waals surface area contributed by atoms with E-state index in [1.54, 1.807) is 0 Å². The van der Waals surface area contributed by atoms with Gasteiger partial charge in [0.05, 0.1) is 0 Å². The van der Waals surface area contributed by atoms with Gasteiger partial charge in [-0.2, -0.15) is 44.4 Å². The van der Waals surface area contributed by atoms with E-state index in [1.165, 1.54) is 12.8 Å². The van der Waals surface area contributed by atoms with Gasteiger partial charge >= 0.3 is 47.3 Å². The van der Waals surface area contributed by atoms with Gasteiger partial charge in [0, 0.05) is 0 Å². The smallest absolute Gasteiger partial charge is 0.0844 e. The molecule has 0 spiro atoms. The molecule has 3 nitrogen and oxygen atoms in total. The molecular formula is C17H34N3V-3. The summed E-state index contributed by atoms with van der Waals surface area (Å²) in [6.07, 6.45) is 2.48. The van der Waals surface area contributed by atoms with Crippen molar-refractivity contribution in [2.24, 2.45) is 3.79 Å². The molecule has 0 aliphatic heterocycles. The molecule has 0 aliphatic carbocycles. The van der Waals surface area contributed by atoms with Crippen LogP contribution in [-0.2, 0) is 17.2 Å². The average Bonchev–Trinajstić information content (AvgIpc) is 3.08. The molecule has 0 amide bonds. The van der Waals surface area contributed by atoms with Crippen molar-refractivity contribution in [3.63, 3.8) is 0 Å². The number of hydrogen-bond donors (Lipinski definition) is 0. The molecule has 0 saturated carbocycles. The zero-order chi connectivity index (χ0) is 16.6. The van der Waals surface area contributed by atoms with Gasteiger partial charge in [0.1, 0.15) is 0 Å². The summed E-state index contributed by atoms with van der Waals surface area (Å²) in [5, 5.41) is 7.94. The molecule has 0 bridgehead atoms. The van der Waals surface area contributed by atoms with Gasteiger partial charge in [-0.3, -0.25) is 0 Å². The predicted molar refractivity (Wildman–Crippen MR) is 93.1 cm³/mol. The maximum Gasteiger partial charge on any atom is -0.0844 e. The summed E-state index contributed by atoms with van der Waals surface area (Å²) >= 11 is 2.23. The van der Waals surface area contributed by atoms with Gasteiger partial charge in [0.2, 0.25) is 0 Å². The fourth-order valence-electron chi connectivity index (χ4n) is 0.997. The van der Waals surface area contributed by atoms with Crippen molar-refractivity contribution in [1.82, 2.24) is 0 Å². The fraction of sp³-hybridized carbons (Fsp3) is 0.706. The van der Waals surface area contributed by atoms with Crippen LogP contribution in [0.2, 0.25) is 0 Å². The van der Waals surface area contributed by atoms with E-state index >= 15 is 0 Å². The second-order valence-electron chi connectivity index (χ2n) is 3.89. The first-order chi connectivity index (χ1) is 10.2. The van der Waals surface area contributed by atoms with Crippen LogP contribution < -0.4 is 0 Å². The zero-order valence-corrected chi connectivity index (χ0v) is 16.0. The minimum Gasteiger partial charge on any atom is -0.663 e. The van der Waals surface area contributed by atoms with Gasteiger partial charge in [0.15, 0.2) is 0 Å². The Kier molecular flexibility index (Phi) is 38.8. The van der Waals surface area contributed by atoms with Crippen molar-refractivity contribution < 1.29 is 17.2 Å². The maximum absolute atomic E-state index is 3.97. The third kappa shape index (κ3) is 45.1. The molecule has 0 atom stereocenters. The molecule has 1 rings (SSSR count). The van der Waals surface area contributed by atoms with E-state index in [0.29, 0.717) is 0 Å². The second kappa shape index (κ2) is 31.8. The number of rotatable bonds is 7. The van der Waals surface area contributed by atoms with E-state index in [4.69, 9.17) is 0 Å². The van der Waals surface area contributed by atoms with Gasteiger partial charge < -0.3 is 10.6 Å². The van der Waals surface area contributed by atoms with Crippen LogP contribution in [0.15, 0.2) is 34.1 Å². The normalized spacial score (nSPS) is 8.19. The van der Waals surface area contributed by atoms with Crippen molar-refractivity contribution in [3.8, 4) is 0 Å². The topological polar surface area (TPSA) is 40.6 Å². The van der Waals surface area contributed by atoms with E-state index in [-0.39, 0.29) is 0 Å². The van der Waals surface area contributed by atoms with Gasteiger partial charge in [0.25, 0.3) is 0 Å². The Morgan fingerprint density at radius 3 is 1.38 bits per heavy atom. The molecule has 125 valence electrons. The monoisotopic (exact) mass is 331 g/mol. The summed E-state index contributed by atoms with van der Waals surface area (Å²) in [6, 6.07) is 10.0. The number of unbranched alkanes of at least 4 members (excludes halogenated alkanes) is 1.